The Kier molecular flexibility index (Phi) is 4.59. The molecule has 0 aromatic heterocycles. The van der Waals surface area contributed by atoms with Gasteiger partial charge in [-0.2, -0.15) is 22.0 Å². The van der Waals surface area contributed by atoms with Crippen LogP contribution < -0.4 is 10.1 Å². The molecular formula is C11H7F8NO2. The number of ether oxygens (including phenoxy) is 1. The van der Waals surface area contributed by atoms with Gasteiger partial charge < -0.3 is 10.1 Å². The number of anilines is 1. The Hall–Kier alpha value is -2.07. The molecule has 0 saturated carbocycles. The van der Waals surface area contributed by atoms with Gasteiger partial charge in [0.15, 0.2) is 5.75 Å². The Balaban J connectivity index is 3.26. The summed E-state index contributed by atoms with van der Waals surface area (Å²) in [6, 6.07) is 0.575. The number of amides is 1. The van der Waals surface area contributed by atoms with Crippen molar-refractivity contribution < 1.29 is 44.7 Å². The van der Waals surface area contributed by atoms with Crippen LogP contribution in [0.15, 0.2) is 18.2 Å². The Bertz CT molecular complexity index is 559. The third-order valence-corrected chi connectivity index (χ3v) is 2.18. The Morgan fingerprint density at radius 3 is 2.00 bits per heavy atom. The summed E-state index contributed by atoms with van der Waals surface area (Å²) in [5.74, 6) is -7.35. The maximum Gasteiger partial charge on any atom is 0.573 e. The molecule has 1 N–H and O–H groups in total. The smallest absolute Gasteiger partial charge is 0.404 e. The molecule has 1 aromatic rings. The average Bonchev–Trinajstić information content (AvgIpc) is 2.26. The summed E-state index contributed by atoms with van der Waals surface area (Å²) in [4.78, 5) is 11.0. The van der Waals surface area contributed by atoms with E-state index in [1.807, 2.05) is 0 Å². The van der Waals surface area contributed by atoms with E-state index in [1.165, 1.54) is 5.32 Å². The molecule has 1 rings (SSSR count). The molecule has 0 aliphatic carbocycles. The molecule has 1 aromatic carbocycles. The number of rotatable bonds is 3. The number of halogens is 8. The van der Waals surface area contributed by atoms with Gasteiger partial charge in [-0.05, 0) is 18.2 Å². The number of hydrogen-bond donors (Lipinski definition) is 1. The first-order valence-corrected chi connectivity index (χ1v) is 5.36. The van der Waals surface area contributed by atoms with E-state index in [1.54, 1.807) is 0 Å². The molecule has 0 fully saturated rings. The van der Waals surface area contributed by atoms with E-state index in [2.05, 4.69) is 4.74 Å². The van der Waals surface area contributed by atoms with Crippen LogP contribution >= 0.6 is 0 Å². The predicted molar refractivity (Wildman–Crippen MR) is 57.4 cm³/mol. The molecule has 0 bridgehead atoms. The normalized spacial score (nSPS) is 13.0. The molecule has 0 aliphatic rings. The van der Waals surface area contributed by atoms with Crippen LogP contribution in [0.25, 0.3) is 0 Å². The third-order valence-electron chi connectivity index (χ3n) is 2.18. The van der Waals surface area contributed by atoms with E-state index in [4.69, 9.17) is 0 Å². The molecule has 22 heavy (non-hydrogen) atoms. The Morgan fingerprint density at radius 2 is 1.59 bits per heavy atom. The van der Waals surface area contributed by atoms with Gasteiger partial charge in [-0.25, -0.2) is 0 Å². The second-order valence-corrected chi connectivity index (χ2v) is 4.10. The van der Waals surface area contributed by atoms with E-state index in [9.17, 15) is 39.9 Å². The van der Waals surface area contributed by atoms with Gasteiger partial charge in [-0.15, -0.1) is 13.2 Å². The second-order valence-electron chi connectivity index (χ2n) is 4.10. The number of carbonyl (C=O) groups is 1. The lowest BCUT2D eigenvalue weighted by molar-refractivity contribution is -0.274. The van der Waals surface area contributed by atoms with Crippen molar-refractivity contribution in [3.05, 3.63) is 23.8 Å². The van der Waals surface area contributed by atoms with Crippen molar-refractivity contribution in [2.75, 3.05) is 5.32 Å². The van der Waals surface area contributed by atoms with Crippen molar-refractivity contribution in [2.45, 2.75) is 25.4 Å². The lowest BCUT2D eigenvalue weighted by atomic mass is 10.1. The van der Waals surface area contributed by atoms with E-state index >= 15 is 0 Å². The summed E-state index contributed by atoms with van der Waals surface area (Å²) < 4.78 is 103. The van der Waals surface area contributed by atoms with Gasteiger partial charge in [0, 0.05) is 6.92 Å². The van der Waals surface area contributed by atoms with E-state index in [-0.39, 0.29) is 25.1 Å². The molecule has 11 heteroatoms. The molecule has 124 valence electrons. The lowest BCUT2D eigenvalue weighted by Crippen LogP contribution is -2.31. The maximum absolute atomic E-state index is 12.7. The zero-order valence-corrected chi connectivity index (χ0v) is 10.6. The van der Waals surface area contributed by atoms with Gasteiger partial charge >= 0.3 is 18.5 Å². The van der Waals surface area contributed by atoms with Gasteiger partial charge in [0.25, 0.3) is 5.91 Å². The number of alkyl halides is 8. The van der Waals surface area contributed by atoms with Crippen LogP contribution in [-0.4, -0.2) is 18.2 Å². The molecular weight excluding hydrogens is 330 g/mol. The fraction of sp³-hybridized carbons (Fsp3) is 0.364. The summed E-state index contributed by atoms with van der Waals surface area (Å²) in [5, 5.41) is 1.27. The zero-order valence-electron chi connectivity index (χ0n) is 10.6. The first-order chi connectivity index (χ1) is 9.70. The van der Waals surface area contributed by atoms with Gasteiger partial charge in [-0.1, -0.05) is 0 Å². The molecule has 0 aliphatic heterocycles. The third kappa shape index (κ3) is 5.04. The molecule has 0 unspecified atom stereocenters. The number of benzene rings is 1. The highest BCUT2D eigenvalue weighted by Crippen LogP contribution is 2.37. The van der Waals surface area contributed by atoms with E-state index < -0.39 is 41.4 Å². The van der Waals surface area contributed by atoms with Crippen LogP contribution in [0.1, 0.15) is 12.5 Å². The van der Waals surface area contributed by atoms with Gasteiger partial charge in [0.05, 0.1) is 11.3 Å². The van der Waals surface area contributed by atoms with E-state index in [0.29, 0.717) is 0 Å². The fourth-order valence-electron chi connectivity index (χ4n) is 1.25. The van der Waals surface area contributed by atoms with Crippen LogP contribution in [0.5, 0.6) is 5.75 Å². The molecule has 1 amide bonds. The van der Waals surface area contributed by atoms with E-state index in [0.717, 1.165) is 0 Å². The van der Waals surface area contributed by atoms with Crippen LogP contribution in [0.3, 0.4) is 0 Å². The van der Waals surface area contributed by atoms with Crippen molar-refractivity contribution in [3.8, 4) is 5.75 Å². The van der Waals surface area contributed by atoms with Gasteiger partial charge in [0.1, 0.15) is 0 Å². The van der Waals surface area contributed by atoms with Crippen LogP contribution in [0.2, 0.25) is 0 Å². The van der Waals surface area contributed by atoms with Crippen molar-refractivity contribution in [3.63, 3.8) is 0 Å². The number of nitrogens with one attached hydrogen (secondary N) is 1. The summed E-state index contributed by atoms with van der Waals surface area (Å²) in [6.45, 7) is 0.125. The van der Waals surface area contributed by atoms with Crippen molar-refractivity contribution in [2.24, 2.45) is 0 Å². The molecule has 0 heterocycles. The predicted octanol–water partition coefficient (Wildman–Crippen LogP) is 4.20. The van der Waals surface area contributed by atoms with Crippen LogP contribution in [0.4, 0.5) is 40.8 Å². The maximum atomic E-state index is 12.7. The van der Waals surface area contributed by atoms with Gasteiger partial charge in [0.2, 0.25) is 0 Å². The molecule has 0 saturated heterocycles. The molecule has 3 nitrogen and oxygen atoms in total. The largest absolute Gasteiger partial charge is 0.573 e. The quantitative estimate of drug-likeness (QED) is 0.840. The minimum atomic E-state index is -5.28. The Morgan fingerprint density at radius 1 is 1.05 bits per heavy atom. The first-order valence-electron chi connectivity index (χ1n) is 5.36. The summed E-state index contributed by atoms with van der Waals surface area (Å²) in [6.07, 6.45) is -10.2. The molecule has 0 radical (unpaired) electrons. The highest BCUT2D eigenvalue weighted by Gasteiger charge is 2.37. The molecule has 0 atom stereocenters. The van der Waals surface area contributed by atoms with Crippen LogP contribution in [-0.2, 0) is 11.0 Å². The van der Waals surface area contributed by atoms with Crippen LogP contribution in [0, 0.1) is 0 Å². The summed E-state index contributed by atoms with van der Waals surface area (Å²) in [5.41, 5.74) is -2.63. The topological polar surface area (TPSA) is 38.3 Å². The monoisotopic (exact) mass is 337 g/mol. The second kappa shape index (κ2) is 5.61. The lowest BCUT2D eigenvalue weighted by Gasteiger charge is -2.17. The highest BCUT2D eigenvalue weighted by molar-refractivity contribution is 5.97. The minimum Gasteiger partial charge on any atom is -0.404 e. The number of carbonyl (C=O) groups excluding carboxylic acids is 1. The van der Waals surface area contributed by atoms with Gasteiger partial charge in [-0.3, -0.25) is 4.79 Å². The summed E-state index contributed by atoms with van der Waals surface area (Å²) >= 11 is 0. The highest BCUT2D eigenvalue weighted by atomic mass is 19.4. The fourth-order valence-corrected chi connectivity index (χ4v) is 1.25. The Labute approximate surface area is 117 Å². The minimum absolute atomic E-state index is 0.0602. The van der Waals surface area contributed by atoms with Crippen molar-refractivity contribution in [1.29, 1.82) is 0 Å². The first kappa shape index (κ1) is 18.0. The van der Waals surface area contributed by atoms with Crippen molar-refractivity contribution in [1.82, 2.24) is 0 Å². The number of hydrogen-bond acceptors (Lipinski definition) is 2. The summed E-state index contributed by atoms with van der Waals surface area (Å²) in [7, 11) is 0. The standard InChI is InChI=1S/C11H7F8NO2/c1-9(12,13)8(21)20-6-4-5(10(14,15)16)2-3-7(6)22-11(17,18)19/h2-4H,1H3,(H,20,21). The molecule has 0 spiro atoms. The average molecular weight is 337 g/mol. The SMILES string of the molecule is CC(F)(F)C(=O)Nc1cc(C(F)(F)F)ccc1OC(F)(F)F. The van der Waals surface area contributed by atoms with Crippen molar-refractivity contribution >= 4 is 11.6 Å². The zero-order chi connectivity index (χ0) is 17.3.